The molecule has 0 spiro atoms. The molecule has 120 valence electrons. The second kappa shape index (κ2) is 8.05. The van der Waals surface area contributed by atoms with E-state index in [-0.39, 0.29) is 18.1 Å². The summed E-state index contributed by atoms with van der Waals surface area (Å²) in [6, 6.07) is 0.0977. The van der Waals surface area contributed by atoms with Gasteiger partial charge in [0, 0.05) is 18.5 Å². The molecule has 0 bridgehead atoms. The van der Waals surface area contributed by atoms with Crippen molar-refractivity contribution in [3.8, 4) is 0 Å². The van der Waals surface area contributed by atoms with Crippen molar-refractivity contribution in [1.29, 1.82) is 0 Å². The molecule has 21 heavy (non-hydrogen) atoms. The molecule has 0 atom stereocenters. The maximum atomic E-state index is 12.3. The van der Waals surface area contributed by atoms with Crippen molar-refractivity contribution in [2.24, 2.45) is 0 Å². The molecule has 0 saturated carbocycles. The Hall–Kier alpha value is -1.52. The van der Waals surface area contributed by atoms with Gasteiger partial charge in [-0.1, -0.05) is 0 Å². The molecular formula is C16H27NO4. The SMILES string of the molecule is CCOC(=O)C1=C(OC(=O)N(C(C)C)C(C)C)CCCC1. The zero-order valence-corrected chi connectivity index (χ0v) is 13.8. The minimum absolute atomic E-state index is 0.0488. The van der Waals surface area contributed by atoms with Crippen molar-refractivity contribution in [1.82, 2.24) is 4.90 Å². The molecule has 0 aromatic rings. The summed E-state index contributed by atoms with van der Waals surface area (Å²) >= 11 is 0. The van der Waals surface area contributed by atoms with Crippen LogP contribution in [0.25, 0.3) is 0 Å². The van der Waals surface area contributed by atoms with Crippen molar-refractivity contribution in [3.05, 3.63) is 11.3 Å². The fraction of sp³-hybridized carbons (Fsp3) is 0.750. The lowest BCUT2D eigenvalue weighted by Crippen LogP contribution is -2.42. The molecule has 1 aliphatic carbocycles. The molecule has 0 aromatic heterocycles. The van der Waals surface area contributed by atoms with Crippen molar-refractivity contribution in [2.75, 3.05) is 6.61 Å². The quantitative estimate of drug-likeness (QED) is 0.727. The normalized spacial score (nSPS) is 15.4. The van der Waals surface area contributed by atoms with E-state index in [9.17, 15) is 9.59 Å². The van der Waals surface area contributed by atoms with Crippen LogP contribution >= 0.6 is 0 Å². The zero-order chi connectivity index (χ0) is 16.0. The standard InChI is InChI=1S/C16H27NO4/c1-6-20-15(18)13-9-7-8-10-14(13)21-16(19)17(11(2)3)12(4)5/h11-12H,6-10H2,1-5H3. The summed E-state index contributed by atoms with van der Waals surface area (Å²) < 4.78 is 10.6. The lowest BCUT2D eigenvalue weighted by atomic mass is 9.98. The van der Waals surface area contributed by atoms with E-state index in [1.807, 2.05) is 27.7 Å². The maximum absolute atomic E-state index is 12.3. The van der Waals surface area contributed by atoms with Gasteiger partial charge >= 0.3 is 12.1 Å². The molecule has 0 fully saturated rings. The number of carbonyl (C=O) groups excluding carboxylic acids is 2. The van der Waals surface area contributed by atoms with Gasteiger partial charge in [-0.15, -0.1) is 0 Å². The van der Waals surface area contributed by atoms with Crippen LogP contribution in [0.15, 0.2) is 11.3 Å². The number of amides is 1. The largest absolute Gasteiger partial charge is 0.463 e. The van der Waals surface area contributed by atoms with Gasteiger partial charge in [-0.25, -0.2) is 9.59 Å². The third-order valence-corrected chi connectivity index (χ3v) is 3.47. The van der Waals surface area contributed by atoms with Crippen LogP contribution in [0.2, 0.25) is 0 Å². The van der Waals surface area contributed by atoms with E-state index >= 15 is 0 Å². The van der Waals surface area contributed by atoms with Gasteiger partial charge in [0.05, 0.1) is 12.2 Å². The molecule has 0 saturated heterocycles. The van der Waals surface area contributed by atoms with E-state index in [1.165, 1.54) is 0 Å². The summed E-state index contributed by atoms with van der Waals surface area (Å²) in [4.78, 5) is 26.0. The third kappa shape index (κ3) is 4.76. The smallest absolute Gasteiger partial charge is 0.415 e. The van der Waals surface area contributed by atoms with Gasteiger partial charge in [0.1, 0.15) is 5.76 Å². The number of hydrogen-bond donors (Lipinski definition) is 0. The van der Waals surface area contributed by atoms with Crippen LogP contribution in [0.4, 0.5) is 4.79 Å². The average Bonchev–Trinajstić information content (AvgIpc) is 2.38. The van der Waals surface area contributed by atoms with Crippen LogP contribution in [-0.2, 0) is 14.3 Å². The highest BCUT2D eigenvalue weighted by molar-refractivity contribution is 5.89. The highest BCUT2D eigenvalue weighted by atomic mass is 16.6. The van der Waals surface area contributed by atoms with Gasteiger partial charge in [0.15, 0.2) is 0 Å². The van der Waals surface area contributed by atoms with E-state index < -0.39 is 6.09 Å². The minimum Gasteiger partial charge on any atom is -0.463 e. The Morgan fingerprint density at radius 3 is 2.19 bits per heavy atom. The Bertz CT molecular complexity index is 405. The van der Waals surface area contributed by atoms with Crippen LogP contribution < -0.4 is 0 Å². The lowest BCUT2D eigenvalue weighted by molar-refractivity contribution is -0.139. The maximum Gasteiger partial charge on any atom is 0.415 e. The minimum atomic E-state index is -0.390. The van der Waals surface area contributed by atoms with E-state index in [4.69, 9.17) is 9.47 Å². The fourth-order valence-electron chi connectivity index (χ4n) is 2.60. The first-order valence-corrected chi connectivity index (χ1v) is 7.77. The molecule has 5 nitrogen and oxygen atoms in total. The van der Waals surface area contributed by atoms with E-state index in [0.29, 0.717) is 30.8 Å². The van der Waals surface area contributed by atoms with Crippen molar-refractivity contribution >= 4 is 12.1 Å². The number of nitrogens with zero attached hydrogens (tertiary/aromatic N) is 1. The average molecular weight is 297 g/mol. The summed E-state index contributed by atoms with van der Waals surface area (Å²) in [5.74, 6) is 0.122. The second-order valence-corrected chi connectivity index (χ2v) is 5.79. The predicted molar refractivity (Wildman–Crippen MR) is 80.7 cm³/mol. The number of hydrogen-bond acceptors (Lipinski definition) is 4. The number of esters is 1. The summed E-state index contributed by atoms with van der Waals surface area (Å²) in [6.45, 7) is 9.89. The van der Waals surface area contributed by atoms with Gasteiger partial charge in [-0.2, -0.15) is 0 Å². The lowest BCUT2D eigenvalue weighted by Gasteiger charge is -2.30. The Morgan fingerprint density at radius 1 is 1.10 bits per heavy atom. The molecule has 1 aliphatic rings. The van der Waals surface area contributed by atoms with Crippen LogP contribution in [0.3, 0.4) is 0 Å². The van der Waals surface area contributed by atoms with E-state index in [1.54, 1.807) is 11.8 Å². The zero-order valence-electron chi connectivity index (χ0n) is 13.8. The Morgan fingerprint density at radius 2 is 1.67 bits per heavy atom. The Labute approximate surface area is 127 Å². The summed E-state index contributed by atoms with van der Waals surface area (Å²) in [5.41, 5.74) is 0.518. The molecule has 1 amide bonds. The van der Waals surface area contributed by atoms with Crippen molar-refractivity contribution in [3.63, 3.8) is 0 Å². The molecular weight excluding hydrogens is 270 g/mol. The van der Waals surface area contributed by atoms with Gasteiger partial charge in [0.25, 0.3) is 0 Å². The van der Waals surface area contributed by atoms with Crippen LogP contribution in [-0.4, -0.2) is 35.7 Å². The van der Waals surface area contributed by atoms with Gasteiger partial charge < -0.3 is 14.4 Å². The van der Waals surface area contributed by atoms with Gasteiger partial charge in [-0.3, -0.25) is 0 Å². The van der Waals surface area contributed by atoms with Gasteiger partial charge in [-0.05, 0) is 53.9 Å². The van der Waals surface area contributed by atoms with Crippen LogP contribution in [0, 0.1) is 0 Å². The Balaban J connectivity index is 2.90. The first-order chi connectivity index (χ1) is 9.88. The monoisotopic (exact) mass is 297 g/mol. The fourth-order valence-corrected chi connectivity index (χ4v) is 2.60. The highest BCUT2D eigenvalue weighted by Gasteiger charge is 2.27. The van der Waals surface area contributed by atoms with Gasteiger partial charge in [0.2, 0.25) is 0 Å². The van der Waals surface area contributed by atoms with E-state index in [2.05, 4.69) is 0 Å². The first-order valence-electron chi connectivity index (χ1n) is 7.77. The molecule has 0 N–H and O–H groups in total. The topological polar surface area (TPSA) is 55.8 Å². The van der Waals surface area contributed by atoms with Crippen molar-refractivity contribution < 1.29 is 19.1 Å². The Kier molecular flexibility index (Phi) is 6.72. The van der Waals surface area contributed by atoms with Crippen molar-refractivity contribution in [2.45, 2.75) is 72.4 Å². The molecule has 0 radical (unpaired) electrons. The van der Waals surface area contributed by atoms with Crippen LogP contribution in [0.5, 0.6) is 0 Å². The number of allylic oxidation sites excluding steroid dienone is 1. The number of ether oxygens (including phenoxy) is 2. The molecule has 0 aromatic carbocycles. The molecule has 0 aliphatic heterocycles. The van der Waals surface area contributed by atoms with Crippen LogP contribution in [0.1, 0.15) is 60.3 Å². The number of rotatable bonds is 5. The predicted octanol–water partition coefficient (Wildman–Crippen LogP) is 3.63. The molecule has 0 heterocycles. The molecule has 0 unspecified atom stereocenters. The first kappa shape index (κ1) is 17.5. The summed E-state index contributed by atoms with van der Waals surface area (Å²) in [5, 5.41) is 0. The summed E-state index contributed by atoms with van der Waals surface area (Å²) in [7, 11) is 0. The number of carbonyl (C=O) groups is 2. The second-order valence-electron chi connectivity index (χ2n) is 5.79. The van der Waals surface area contributed by atoms with E-state index in [0.717, 1.165) is 12.8 Å². The molecule has 1 rings (SSSR count). The third-order valence-electron chi connectivity index (χ3n) is 3.47. The summed E-state index contributed by atoms with van der Waals surface area (Å²) in [6.07, 6.45) is 2.69. The molecule has 5 heteroatoms. The highest BCUT2D eigenvalue weighted by Crippen LogP contribution is 2.27.